The Morgan fingerprint density at radius 1 is 1.20 bits per heavy atom. The highest BCUT2D eigenvalue weighted by Gasteiger charge is 2.47. The lowest BCUT2D eigenvalue weighted by Crippen LogP contribution is -2.59. The molecule has 0 aliphatic carbocycles. The second-order valence-electron chi connectivity index (χ2n) is 6.78. The molecule has 2 rings (SSSR count). The summed E-state index contributed by atoms with van der Waals surface area (Å²) < 4.78 is 38.4. The number of hydrogen-bond acceptors (Lipinski definition) is 6. The molecule has 1 saturated heterocycles. The summed E-state index contributed by atoms with van der Waals surface area (Å²) in [5, 5.41) is 4.53. The van der Waals surface area contributed by atoms with Gasteiger partial charge in [-0.2, -0.15) is 0 Å². The van der Waals surface area contributed by atoms with E-state index in [2.05, 4.69) is 21.9 Å². The predicted molar refractivity (Wildman–Crippen MR) is 112 cm³/mol. The molecular weight excluding hydrogens is 410 g/mol. The van der Waals surface area contributed by atoms with Gasteiger partial charge in [-0.3, -0.25) is 10.1 Å². The van der Waals surface area contributed by atoms with Crippen LogP contribution in [-0.2, 0) is 14.8 Å². The minimum atomic E-state index is -3.93. The van der Waals surface area contributed by atoms with Crippen LogP contribution in [0.2, 0.25) is 0 Å². The number of sulfonamides is 1. The first-order valence-electron chi connectivity index (χ1n) is 9.00. The molecule has 0 aromatic heterocycles. The Morgan fingerprint density at radius 3 is 2.30 bits per heavy atom. The third-order valence-electron chi connectivity index (χ3n) is 4.67. The molecule has 0 saturated carbocycles. The van der Waals surface area contributed by atoms with E-state index in [4.69, 9.17) is 9.47 Å². The number of allylic oxidation sites excluding steroid dienone is 4. The largest absolute Gasteiger partial charge is 0.497 e. The number of hydrogen-bond donors (Lipinski definition) is 3. The van der Waals surface area contributed by atoms with E-state index in [1.807, 2.05) is 0 Å². The van der Waals surface area contributed by atoms with Gasteiger partial charge in [-0.15, -0.1) is 0 Å². The number of amides is 3. The highest BCUT2D eigenvalue weighted by atomic mass is 32.2. The molecule has 1 aromatic rings. The van der Waals surface area contributed by atoms with Gasteiger partial charge in [0.1, 0.15) is 22.8 Å². The normalized spacial score (nSPS) is 20.9. The fraction of sp³-hybridized carbons (Fsp3) is 0.300. The first-order valence-corrected chi connectivity index (χ1v) is 10.5. The summed E-state index contributed by atoms with van der Waals surface area (Å²) in [6.07, 6.45) is 4.25. The van der Waals surface area contributed by atoms with E-state index in [1.54, 1.807) is 31.4 Å². The summed E-state index contributed by atoms with van der Waals surface area (Å²) in [7, 11) is -2.38. The molecule has 3 amide bonds. The highest BCUT2D eigenvalue weighted by molar-refractivity contribution is 7.93. The fourth-order valence-electron chi connectivity index (χ4n) is 2.52. The van der Waals surface area contributed by atoms with Gasteiger partial charge in [0, 0.05) is 0 Å². The van der Waals surface area contributed by atoms with Gasteiger partial charge in [0.05, 0.1) is 18.1 Å². The molecule has 0 bridgehead atoms. The van der Waals surface area contributed by atoms with Crippen LogP contribution in [0.15, 0.2) is 59.7 Å². The Balaban J connectivity index is 2.13. The molecule has 0 unspecified atom stereocenters. The predicted octanol–water partition coefficient (Wildman–Crippen LogP) is 1.95. The van der Waals surface area contributed by atoms with Crippen molar-refractivity contribution in [1.29, 1.82) is 0 Å². The SMILES string of the molecule is C=C/C(=C\C=C(/C)S(=O)(=O)N[C@H](C)[C@]1(C)NC(=O)NC1=O)Oc1ccc(OC)cc1. The summed E-state index contributed by atoms with van der Waals surface area (Å²) in [6, 6.07) is 5.30. The van der Waals surface area contributed by atoms with Gasteiger partial charge >= 0.3 is 6.03 Å². The van der Waals surface area contributed by atoms with Gasteiger partial charge in [0.25, 0.3) is 5.91 Å². The maximum Gasteiger partial charge on any atom is 0.322 e. The Morgan fingerprint density at radius 2 is 1.80 bits per heavy atom. The number of nitrogens with one attached hydrogen (secondary N) is 3. The van der Waals surface area contributed by atoms with E-state index in [0.29, 0.717) is 17.3 Å². The number of carbonyl (C=O) groups excluding carboxylic acids is 2. The number of urea groups is 1. The van der Waals surface area contributed by atoms with Crippen LogP contribution in [-0.4, -0.2) is 39.0 Å². The summed E-state index contributed by atoms with van der Waals surface area (Å²) in [4.78, 5) is 23.4. The molecule has 1 aromatic carbocycles. The summed E-state index contributed by atoms with van der Waals surface area (Å²) >= 11 is 0. The molecule has 1 aliphatic heterocycles. The zero-order valence-electron chi connectivity index (χ0n) is 17.2. The van der Waals surface area contributed by atoms with Crippen molar-refractivity contribution in [3.8, 4) is 11.5 Å². The van der Waals surface area contributed by atoms with E-state index < -0.39 is 33.5 Å². The van der Waals surface area contributed by atoms with E-state index in [-0.39, 0.29) is 4.91 Å². The monoisotopic (exact) mass is 435 g/mol. The van der Waals surface area contributed by atoms with Crippen molar-refractivity contribution in [1.82, 2.24) is 15.4 Å². The number of rotatable bonds is 9. The third kappa shape index (κ3) is 5.28. The van der Waals surface area contributed by atoms with Crippen LogP contribution in [0, 0.1) is 0 Å². The molecule has 10 heteroatoms. The molecule has 1 aliphatic rings. The van der Waals surface area contributed by atoms with Crippen molar-refractivity contribution in [3.05, 3.63) is 59.7 Å². The number of methoxy groups -OCH3 is 1. The van der Waals surface area contributed by atoms with Crippen LogP contribution in [0.25, 0.3) is 0 Å². The third-order valence-corrected chi connectivity index (χ3v) is 6.32. The van der Waals surface area contributed by atoms with Crippen molar-refractivity contribution < 1.29 is 27.5 Å². The lowest BCUT2D eigenvalue weighted by molar-refractivity contribution is -0.124. The highest BCUT2D eigenvalue weighted by Crippen LogP contribution is 2.20. The standard InChI is InChI=1S/C20H25N3O6S/c1-6-15(29-17-11-9-16(28-5)10-12-17)8-7-13(2)30(26,27)23-14(3)20(4)18(24)21-19(25)22-20/h6-12,14,23H,1H2,2-5H3,(H2,21,22,24,25)/b13-7+,15-8+/t14-,20+/m1/s1. The van der Waals surface area contributed by atoms with Crippen molar-refractivity contribution >= 4 is 22.0 Å². The summed E-state index contributed by atoms with van der Waals surface area (Å²) in [5.74, 6) is 0.927. The molecule has 2 atom stereocenters. The van der Waals surface area contributed by atoms with Crippen LogP contribution in [0.3, 0.4) is 0 Å². The van der Waals surface area contributed by atoms with Crippen molar-refractivity contribution in [2.45, 2.75) is 32.4 Å². The Bertz CT molecular complexity index is 998. The second-order valence-corrected chi connectivity index (χ2v) is 8.67. The van der Waals surface area contributed by atoms with Crippen LogP contribution in [0.5, 0.6) is 11.5 Å². The van der Waals surface area contributed by atoms with Gasteiger partial charge in [-0.25, -0.2) is 17.9 Å². The number of benzene rings is 1. The van der Waals surface area contributed by atoms with E-state index >= 15 is 0 Å². The first-order chi connectivity index (χ1) is 14.0. The lowest BCUT2D eigenvalue weighted by Gasteiger charge is -2.28. The Labute approximate surface area is 175 Å². The van der Waals surface area contributed by atoms with Crippen LogP contribution >= 0.6 is 0 Å². The van der Waals surface area contributed by atoms with Gasteiger partial charge in [-0.05, 0) is 63.3 Å². The number of imide groups is 1. The van der Waals surface area contributed by atoms with Crippen molar-refractivity contribution in [3.63, 3.8) is 0 Å². The van der Waals surface area contributed by atoms with Gasteiger partial charge in [0.15, 0.2) is 0 Å². The van der Waals surface area contributed by atoms with E-state index in [9.17, 15) is 18.0 Å². The van der Waals surface area contributed by atoms with Crippen LogP contribution in [0.4, 0.5) is 4.79 Å². The van der Waals surface area contributed by atoms with Gasteiger partial charge < -0.3 is 14.8 Å². The molecule has 162 valence electrons. The second kappa shape index (κ2) is 9.14. The molecular formula is C20H25N3O6S. The minimum absolute atomic E-state index is 0.0136. The molecule has 0 radical (unpaired) electrons. The minimum Gasteiger partial charge on any atom is -0.497 e. The number of carbonyl (C=O) groups is 2. The van der Waals surface area contributed by atoms with Gasteiger partial charge in [0.2, 0.25) is 10.0 Å². The molecule has 1 heterocycles. The zero-order chi connectivity index (χ0) is 22.5. The molecule has 9 nitrogen and oxygen atoms in total. The maximum atomic E-state index is 12.6. The lowest BCUT2D eigenvalue weighted by atomic mass is 9.95. The fourth-order valence-corrected chi connectivity index (χ4v) is 3.65. The summed E-state index contributed by atoms with van der Waals surface area (Å²) in [6.45, 7) is 7.99. The maximum absolute atomic E-state index is 12.6. The molecule has 30 heavy (non-hydrogen) atoms. The van der Waals surface area contributed by atoms with Crippen LogP contribution < -0.4 is 24.8 Å². The zero-order valence-corrected chi connectivity index (χ0v) is 18.0. The quantitative estimate of drug-likeness (QED) is 0.310. The van der Waals surface area contributed by atoms with E-state index in [1.165, 1.54) is 39.0 Å². The first kappa shape index (κ1) is 23.2. The van der Waals surface area contributed by atoms with Crippen molar-refractivity contribution in [2.75, 3.05) is 7.11 Å². The van der Waals surface area contributed by atoms with E-state index in [0.717, 1.165) is 0 Å². The Kier molecular flexibility index (Phi) is 7.06. The molecule has 1 fully saturated rings. The smallest absolute Gasteiger partial charge is 0.322 e. The van der Waals surface area contributed by atoms with Gasteiger partial charge in [-0.1, -0.05) is 6.58 Å². The average Bonchev–Trinajstić information content (AvgIpc) is 2.97. The topological polar surface area (TPSA) is 123 Å². The average molecular weight is 436 g/mol. The van der Waals surface area contributed by atoms with Crippen LogP contribution in [0.1, 0.15) is 20.8 Å². The summed E-state index contributed by atoms with van der Waals surface area (Å²) in [5.41, 5.74) is -1.40. The Hall–Kier alpha value is -3.11. The number of ether oxygens (including phenoxy) is 2. The van der Waals surface area contributed by atoms with Crippen molar-refractivity contribution in [2.24, 2.45) is 0 Å². The molecule has 0 spiro atoms. The molecule has 3 N–H and O–H groups in total.